The Balaban J connectivity index is 2.18. The van der Waals surface area contributed by atoms with Crippen molar-refractivity contribution < 1.29 is 0 Å². The van der Waals surface area contributed by atoms with Crippen LogP contribution in [0.25, 0.3) is 0 Å². The van der Waals surface area contributed by atoms with Crippen molar-refractivity contribution in [2.45, 2.75) is 6.54 Å². The molecule has 16 heavy (non-hydrogen) atoms. The molecular formula is C11H12BrN3S. The van der Waals surface area contributed by atoms with Crippen LogP contribution in [-0.4, -0.2) is 12.0 Å². The van der Waals surface area contributed by atoms with Crippen LogP contribution < -0.4 is 10.6 Å². The summed E-state index contributed by atoms with van der Waals surface area (Å²) in [5.41, 5.74) is 7.59. The second-order valence-electron chi connectivity index (χ2n) is 3.48. The van der Waals surface area contributed by atoms with Gasteiger partial charge < -0.3 is 10.6 Å². The summed E-state index contributed by atoms with van der Waals surface area (Å²) in [6, 6.07) is 3.99. The summed E-state index contributed by atoms with van der Waals surface area (Å²) in [6.45, 7) is 0.840. The predicted octanol–water partition coefficient (Wildman–Crippen LogP) is 3.12. The van der Waals surface area contributed by atoms with Crippen molar-refractivity contribution in [2.75, 3.05) is 17.7 Å². The molecule has 84 valence electrons. The Kier molecular flexibility index (Phi) is 3.46. The molecule has 0 atom stereocenters. The molecular weight excluding hydrogens is 286 g/mol. The van der Waals surface area contributed by atoms with Crippen molar-refractivity contribution in [2.24, 2.45) is 0 Å². The molecule has 2 rings (SSSR count). The molecule has 0 spiro atoms. The molecule has 2 N–H and O–H groups in total. The number of nitrogen functional groups attached to an aromatic ring is 1. The van der Waals surface area contributed by atoms with Crippen LogP contribution in [0.3, 0.4) is 0 Å². The molecule has 3 nitrogen and oxygen atoms in total. The molecule has 2 aromatic rings. The first-order valence-corrected chi connectivity index (χ1v) is 6.48. The molecule has 0 unspecified atom stereocenters. The molecule has 0 amide bonds. The summed E-state index contributed by atoms with van der Waals surface area (Å²) in [7, 11) is 2.03. The zero-order valence-corrected chi connectivity index (χ0v) is 11.3. The van der Waals surface area contributed by atoms with Gasteiger partial charge in [0.15, 0.2) is 0 Å². The fourth-order valence-corrected chi connectivity index (χ4v) is 3.02. The van der Waals surface area contributed by atoms with Gasteiger partial charge in [-0.05, 0) is 33.4 Å². The van der Waals surface area contributed by atoms with E-state index in [2.05, 4.69) is 37.3 Å². The fourth-order valence-electron chi connectivity index (χ4n) is 1.49. The number of aromatic nitrogens is 1. The van der Waals surface area contributed by atoms with Gasteiger partial charge in [0.25, 0.3) is 0 Å². The Bertz CT molecular complexity index is 484. The first kappa shape index (κ1) is 11.4. The Morgan fingerprint density at radius 3 is 2.94 bits per heavy atom. The smallest absolute Gasteiger partial charge is 0.0738 e. The highest BCUT2D eigenvalue weighted by Gasteiger charge is 2.08. The summed E-state index contributed by atoms with van der Waals surface area (Å²) >= 11 is 5.26. The van der Waals surface area contributed by atoms with Crippen molar-refractivity contribution in [3.8, 4) is 0 Å². The minimum atomic E-state index is 0.706. The highest BCUT2D eigenvalue weighted by molar-refractivity contribution is 9.10. The average Bonchev–Trinajstić information content (AvgIpc) is 2.65. The first-order valence-electron chi connectivity index (χ1n) is 4.81. The van der Waals surface area contributed by atoms with Crippen LogP contribution in [0.2, 0.25) is 0 Å². The maximum atomic E-state index is 5.88. The lowest BCUT2D eigenvalue weighted by Crippen LogP contribution is -2.17. The van der Waals surface area contributed by atoms with E-state index in [0.29, 0.717) is 5.69 Å². The van der Waals surface area contributed by atoms with Crippen LogP contribution in [0.1, 0.15) is 4.88 Å². The van der Waals surface area contributed by atoms with Crippen LogP contribution in [-0.2, 0) is 6.54 Å². The molecule has 0 aromatic carbocycles. The Morgan fingerprint density at radius 1 is 1.50 bits per heavy atom. The van der Waals surface area contributed by atoms with Gasteiger partial charge in [0.2, 0.25) is 0 Å². The second kappa shape index (κ2) is 4.84. The largest absolute Gasteiger partial charge is 0.396 e. The molecule has 0 fully saturated rings. The van der Waals surface area contributed by atoms with E-state index in [4.69, 9.17) is 5.73 Å². The number of hydrogen-bond acceptors (Lipinski definition) is 4. The number of thiophene rings is 1. The van der Waals surface area contributed by atoms with Crippen LogP contribution in [0.4, 0.5) is 11.4 Å². The van der Waals surface area contributed by atoms with Gasteiger partial charge in [-0.25, -0.2) is 0 Å². The molecule has 0 saturated carbocycles. The molecule has 0 bridgehead atoms. The Morgan fingerprint density at radius 2 is 2.31 bits per heavy atom. The average molecular weight is 298 g/mol. The molecule has 0 saturated heterocycles. The van der Waals surface area contributed by atoms with Gasteiger partial charge in [0.05, 0.1) is 24.1 Å². The maximum absolute atomic E-state index is 5.88. The van der Waals surface area contributed by atoms with E-state index >= 15 is 0 Å². The van der Waals surface area contributed by atoms with Crippen molar-refractivity contribution in [3.05, 3.63) is 39.3 Å². The lowest BCUT2D eigenvalue weighted by molar-refractivity contribution is 0.936. The summed E-state index contributed by atoms with van der Waals surface area (Å²) < 4.78 is 1.15. The van der Waals surface area contributed by atoms with Gasteiger partial charge in [-0.1, -0.05) is 0 Å². The van der Waals surface area contributed by atoms with E-state index in [0.717, 1.165) is 16.7 Å². The van der Waals surface area contributed by atoms with E-state index in [1.54, 1.807) is 23.7 Å². The van der Waals surface area contributed by atoms with E-state index in [1.165, 1.54) is 4.88 Å². The predicted molar refractivity (Wildman–Crippen MR) is 72.8 cm³/mol. The maximum Gasteiger partial charge on any atom is 0.0738 e. The van der Waals surface area contributed by atoms with Gasteiger partial charge in [0, 0.05) is 22.6 Å². The van der Waals surface area contributed by atoms with Crippen LogP contribution in [0, 0.1) is 0 Å². The normalized spacial score (nSPS) is 10.4. The highest BCUT2D eigenvalue weighted by Crippen LogP contribution is 2.27. The summed E-state index contributed by atoms with van der Waals surface area (Å²) in [4.78, 5) is 7.39. The van der Waals surface area contributed by atoms with Crippen molar-refractivity contribution in [3.63, 3.8) is 0 Å². The van der Waals surface area contributed by atoms with Crippen molar-refractivity contribution >= 4 is 38.6 Å². The number of pyridine rings is 1. The number of anilines is 2. The number of rotatable bonds is 3. The lowest BCUT2D eigenvalue weighted by Gasteiger charge is -2.20. The third-order valence-corrected chi connectivity index (χ3v) is 4.22. The summed E-state index contributed by atoms with van der Waals surface area (Å²) in [6.07, 6.45) is 3.43. The lowest BCUT2D eigenvalue weighted by atomic mass is 10.3. The van der Waals surface area contributed by atoms with E-state index in [1.807, 2.05) is 13.1 Å². The highest BCUT2D eigenvalue weighted by atomic mass is 79.9. The molecule has 2 aromatic heterocycles. The minimum Gasteiger partial charge on any atom is -0.396 e. The Hall–Kier alpha value is -1.07. The molecule has 0 aliphatic heterocycles. The quantitative estimate of drug-likeness (QED) is 0.946. The van der Waals surface area contributed by atoms with Crippen molar-refractivity contribution in [1.82, 2.24) is 4.98 Å². The van der Waals surface area contributed by atoms with Gasteiger partial charge in [-0.2, -0.15) is 0 Å². The zero-order valence-electron chi connectivity index (χ0n) is 8.85. The van der Waals surface area contributed by atoms with Gasteiger partial charge in [-0.15, -0.1) is 11.3 Å². The van der Waals surface area contributed by atoms with Crippen molar-refractivity contribution in [1.29, 1.82) is 0 Å². The van der Waals surface area contributed by atoms with E-state index in [-0.39, 0.29) is 0 Å². The third-order valence-electron chi connectivity index (χ3n) is 2.31. The SMILES string of the molecule is CN(Cc1sccc1Br)c1ccncc1N. The molecule has 2 heterocycles. The second-order valence-corrected chi connectivity index (χ2v) is 5.34. The number of nitrogens with zero attached hydrogens (tertiary/aromatic N) is 2. The fraction of sp³-hybridized carbons (Fsp3) is 0.182. The van der Waals surface area contributed by atoms with Gasteiger partial charge in [-0.3, -0.25) is 4.98 Å². The first-order chi connectivity index (χ1) is 7.68. The number of halogens is 1. The number of hydrogen-bond donors (Lipinski definition) is 1. The molecule has 0 radical (unpaired) electrons. The van der Waals surface area contributed by atoms with Gasteiger partial charge in [0.1, 0.15) is 0 Å². The topological polar surface area (TPSA) is 42.2 Å². The van der Waals surface area contributed by atoms with E-state index in [9.17, 15) is 0 Å². The van der Waals surface area contributed by atoms with Gasteiger partial charge >= 0.3 is 0 Å². The standard InChI is InChI=1S/C11H12BrN3S/c1-15(7-11-8(12)3-5-16-11)10-2-4-14-6-9(10)13/h2-6H,7,13H2,1H3. The summed E-state index contributed by atoms with van der Waals surface area (Å²) in [5, 5.41) is 2.07. The van der Waals surface area contributed by atoms with Crippen LogP contribution in [0.5, 0.6) is 0 Å². The molecule has 5 heteroatoms. The minimum absolute atomic E-state index is 0.706. The molecule has 0 aliphatic rings. The molecule has 0 aliphatic carbocycles. The van der Waals surface area contributed by atoms with Crippen LogP contribution in [0.15, 0.2) is 34.4 Å². The third kappa shape index (κ3) is 2.36. The zero-order chi connectivity index (χ0) is 11.5. The monoisotopic (exact) mass is 297 g/mol. The number of nitrogens with two attached hydrogens (primary N) is 1. The van der Waals surface area contributed by atoms with E-state index < -0.39 is 0 Å². The summed E-state index contributed by atoms with van der Waals surface area (Å²) in [5.74, 6) is 0. The van der Waals surface area contributed by atoms with Crippen LogP contribution >= 0.6 is 27.3 Å². The Labute approximate surface area is 107 Å².